The summed E-state index contributed by atoms with van der Waals surface area (Å²) < 4.78 is 10.0. The summed E-state index contributed by atoms with van der Waals surface area (Å²) in [4.78, 5) is 4.54. The van der Waals surface area contributed by atoms with Crippen LogP contribution in [0.25, 0.3) is 11.3 Å². The van der Waals surface area contributed by atoms with Crippen molar-refractivity contribution in [3.05, 3.63) is 40.1 Å². The van der Waals surface area contributed by atoms with Crippen LogP contribution in [-0.2, 0) is 4.74 Å². The van der Waals surface area contributed by atoms with Gasteiger partial charge < -0.3 is 4.74 Å². The van der Waals surface area contributed by atoms with Gasteiger partial charge >= 0.3 is 0 Å². The van der Waals surface area contributed by atoms with Crippen molar-refractivity contribution in [2.45, 2.75) is 18.8 Å². The molecule has 1 aliphatic heterocycles. The number of hydrogen-bond acceptors (Lipinski definition) is 4. The molecule has 4 rings (SSSR count). The minimum atomic E-state index is 0.544. The molecule has 0 aliphatic carbocycles. The largest absolute Gasteiger partial charge is 0.381 e. The smallest absolute Gasteiger partial charge is 0.182 e. The van der Waals surface area contributed by atoms with Crippen LogP contribution in [-0.4, -0.2) is 37.6 Å². The predicted octanol–water partition coefficient (Wildman–Crippen LogP) is 2.41. The lowest BCUT2D eigenvalue weighted by Crippen LogP contribution is -2.13. The molecule has 0 N–H and O–H groups in total. The molecular formula is C14H14IN5O. The van der Waals surface area contributed by atoms with E-state index in [1.165, 1.54) is 5.56 Å². The van der Waals surface area contributed by atoms with Crippen molar-refractivity contribution in [2.24, 2.45) is 0 Å². The molecule has 0 radical (unpaired) electrons. The van der Waals surface area contributed by atoms with Gasteiger partial charge in [0, 0.05) is 25.6 Å². The highest BCUT2D eigenvalue weighted by atomic mass is 127. The molecule has 0 unspecified atom stereocenters. The Balaban J connectivity index is 1.72. The van der Waals surface area contributed by atoms with E-state index in [2.05, 4.69) is 44.0 Å². The molecule has 1 aliphatic rings. The molecule has 0 atom stereocenters. The number of nitrogens with zero attached hydrogens (tertiary/aromatic N) is 5. The predicted molar refractivity (Wildman–Crippen MR) is 85.6 cm³/mol. The molecule has 6 nitrogen and oxygen atoms in total. The molecule has 7 heteroatoms. The number of hydrogen-bond donors (Lipinski definition) is 0. The highest BCUT2D eigenvalue weighted by Crippen LogP contribution is 2.27. The van der Waals surface area contributed by atoms with E-state index < -0.39 is 0 Å². The van der Waals surface area contributed by atoms with Crippen LogP contribution in [0.4, 0.5) is 0 Å². The molecule has 3 aromatic rings. The Labute approximate surface area is 135 Å². The van der Waals surface area contributed by atoms with Gasteiger partial charge in [-0.2, -0.15) is 10.2 Å². The third kappa shape index (κ3) is 2.44. The third-order valence-corrected chi connectivity index (χ3v) is 4.46. The van der Waals surface area contributed by atoms with Gasteiger partial charge in [0.15, 0.2) is 5.65 Å². The second-order valence-electron chi connectivity index (χ2n) is 5.15. The lowest BCUT2D eigenvalue weighted by Gasteiger charge is -2.20. The van der Waals surface area contributed by atoms with Crippen molar-refractivity contribution < 1.29 is 4.74 Å². The van der Waals surface area contributed by atoms with Crippen molar-refractivity contribution in [2.75, 3.05) is 13.2 Å². The summed E-state index contributed by atoms with van der Waals surface area (Å²) in [6, 6.07) is 1.93. The normalized spacial score (nSPS) is 16.6. The molecule has 0 aromatic carbocycles. The van der Waals surface area contributed by atoms with Crippen molar-refractivity contribution in [1.82, 2.24) is 24.4 Å². The fourth-order valence-corrected chi connectivity index (χ4v) is 3.10. The maximum Gasteiger partial charge on any atom is 0.182 e. The van der Waals surface area contributed by atoms with Crippen LogP contribution < -0.4 is 0 Å². The van der Waals surface area contributed by atoms with Gasteiger partial charge in [0.2, 0.25) is 0 Å². The lowest BCUT2D eigenvalue weighted by molar-refractivity contribution is 0.0853. The number of aromatic nitrogens is 5. The number of rotatable bonds is 2. The van der Waals surface area contributed by atoms with Crippen LogP contribution in [0.15, 0.2) is 30.9 Å². The SMILES string of the molecule is Ic1ccn2ncc(-n3cc(C4CCOCC4)cn3)c2n1. The van der Waals surface area contributed by atoms with Crippen LogP contribution >= 0.6 is 22.6 Å². The Kier molecular flexibility index (Phi) is 3.38. The summed E-state index contributed by atoms with van der Waals surface area (Å²) in [5.41, 5.74) is 3.00. The molecule has 1 fully saturated rings. The molecule has 3 aromatic heterocycles. The maximum atomic E-state index is 5.42. The summed E-state index contributed by atoms with van der Waals surface area (Å²) >= 11 is 2.21. The van der Waals surface area contributed by atoms with Crippen molar-refractivity contribution >= 4 is 28.2 Å². The van der Waals surface area contributed by atoms with Crippen LogP contribution in [0.2, 0.25) is 0 Å². The number of halogens is 1. The van der Waals surface area contributed by atoms with Crippen molar-refractivity contribution in [1.29, 1.82) is 0 Å². The quantitative estimate of drug-likeness (QED) is 0.494. The van der Waals surface area contributed by atoms with Gasteiger partial charge in [-0.1, -0.05) is 0 Å². The fourth-order valence-electron chi connectivity index (χ4n) is 2.71. The van der Waals surface area contributed by atoms with E-state index >= 15 is 0 Å². The zero-order valence-corrected chi connectivity index (χ0v) is 13.5. The maximum absolute atomic E-state index is 5.42. The first-order valence-electron chi connectivity index (χ1n) is 6.94. The van der Waals surface area contributed by atoms with E-state index in [1.807, 2.05) is 23.1 Å². The second kappa shape index (κ2) is 5.38. The summed E-state index contributed by atoms with van der Waals surface area (Å²) in [7, 11) is 0. The molecule has 0 saturated carbocycles. The minimum absolute atomic E-state index is 0.544. The Bertz CT molecular complexity index is 775. The molecule has 108 valence electrons. The summed E-state index contributed by atoms with van der Waals surface area (Å²) in [5.74, 6) is 0.544. The monoisotopic (exact) mass is 395 g/mol. The summed E-state index contributed by atoms with van der Waals surface area (Å²) in [6.45, 7) is 1.68. The lowest BCUT2D eigenvalue weighted by atomic mass is 9.94. The van der Waals surface area contributed by atoms with E-state index in [0.717, 1.165) is 41.1 Å². The van der Waals surface area contributed by atoms with Gasteiger partial charge in [-0.15, -0.1) is 0 Å². The van der Waals surface area contributed by atoms with E-state index in [4.69, 9.17) is 4.74 Å². The first-order valence-corrected chi connectivity index (χ1v) is 8.02. The summed E-state index contributed by atoms with van der Waals surface area (Å²) in [5, 5.41) is 8.82. The van der Waals surface area contributed by atoms with E-state index in [1.54, 1.807) is 10.7 Å². The zero-order valence-electron chi connectivity index (χ0n) is 11.3. The molecule has 4 heterocycles. The fraction of sp³-hybridized carbons (Fsp3) is 0.357. The zero-order chi connectivity index (χ0) is 14.2. The highest BCUT2D eigenvalue weighted by Gasteiger charge is 2.18. The van der Waals surface area contributed by atoms with Crippen LogP contribution in [0.3, 0.4) is 0 Å². The molecule has 0 spiro atoms. The van der Waals surface area contributed by atoms with Crippen molar-refractivity contribution in [3.8, 4) is 5.69 Å². The van der Waals surface area contributed by atoms with Gasteiger partial charge in [-0.3, -0.25) is 0 Å². The van der Waals surface area contributed by atoms with E-state index in [9.17, 15) is 0 Å². The molecule has 0 bridgehead atoms. The molecule has 1 saturated heterocycles. The second-order valence-corrected chi connectivity index (χ2v) is 6.26. The first-order chi connectivity index (χ1) is 10.3. The molecular weight excluding hydrogens is 381 g/mol. The number of ether oxygens (including phenoxy) is 1. The standard InChI is InChI=1S/C14H14IN5O/c15-13-1-4-19-14(18-13)12(8-17-19)20-9-11(7-16-20)10-2-5-21-6-3-10/h1,4,7-10H,2-3,5-6H2. The Morgan fingerprint density at radius 3 is 2.90 bits per heavy atom. The third-order valence-electron chi connectivity index (χ3n) is 3.86. The topological polar surface area (TPSA) is 57.2 Å². The van der Waals surface area contributed by atoms with Crippen molar-refractivity contribution in [3.63, 3.8) is 0 Å². The Hall–Kier alpha value is -1.48. The van der Waals surface area contributed by atoms with Crippen LogP contribution in [0.5, 0.6) is 0 Å². The Morgan fingerprint density at radius 1 is 1.19 bits per heavy atom. The summed E-state index contributed by atoms with van der Waals surface area (Å²) in [6.07, 6.45) is 9.89. The average molecular weight is 395 g/mol. The van der Waals surface area contributed by atoms with Gasteiger partial charge in [0.05, 0.1) is 12.4 Å². The average Bonchev–Trinajstić information content (AvgIpc) is 3.14. The molecule has 21 heavy (non-hydrogen) atoms. The van der Waals surface area contributed by atoms with Crippen LogP contribution in [0.1, 0.15) is 24.3 Å². The number of fused-ring (bicyclic) bond motifs is 1. The Morgan fingerprint density at radius 2 is 2.05 bits per heavy atom. The van der Waals surface area contributed by atoms with Gasteiger partial charge in [0.25, 0.3) is 0 Å². The minimum Gasteiger partial charge on any atom is -0.381 e. The van der Waals surface area contributed by atoms with Gasteiger partial charge in [0.1, 0.15) is 9.39 Å². The van der Waals surface area contributed by atoms with Gasteiger partial charge in [-0.05, 0) is 53.0 Å². The molecule has 0 amide bonds. The highest BCUT2D eigenvalue weighted by molar-refractivity contribution is 14.1. The van der Waals surface area contributed by atoms with Crippen LogP contribution in [0, 0.1) is 3.70 Å². The van der Waals surface area contributed by atoms with E-state index in [0.29, 0.717) is 5.92 Å². The first kappa shape index (κ1) is 13.2. The van der Waals surface area contributed by atoms with E-state index in [-0.39, 0.29) is 0 Å². The van der Waals surface area contributed by atoms with Gasteiger partial charge in [-0.25, -0.2) is 14.2 Å².